The number of alkyl halides is 2. The molecule has 1 rings (SSSR count). The largest absolute Gasteiger partial charge is 0.481 e. The van der Waals surface area contributed by atoms with Gasteiger partial charge in [0.1, 0.15) is 6.07 Å². The molecule has 0 aliphatic carbocycles. The summed E-state index contributed by atoms with van der Waals surface area (Å²) in [4.78, 5) is 3.59. The molecule has 0 fully saturated rings. The molecule has 1 aromatic heterocycles. The molecular weight excluding hydrogens is 214 g/mol. The third-order valence-corrected chi connectivity index (χ3v) is 1.81. The summed E-state index contributed by atoms with van der Waals surface area (Å²) in [6, 6.07) is 2.56. The first kappa shape index (κ1) is 10.7. The van der Waals surface area contributed by atoms with Gasteiger partial charge in [-0.15, -0.1) is 0 Å². The third kappa shape index (κ3) is 1.91. The van der Waals surface area contributed by atoms with Crippen LogP contribution in [-0.2, 0) is 0 Å². The zero-order valence-corrected chi connectivity index (χ0v) is 7.85. The Kier molecular flexibility index (Phi) is 3.20. The van der Waals surface area contributed by atoms with Crippen LogP contribution in [0.25, 0.3) is 0 Å². The minimum Gasteiger partial charge on any atom is -0.481 e. The van der Waals surface area contributed by atoms with Gasteiger partial charge < -0.3 is 4.74 Å². The molecule has 3 nitrogen and oxygen atoms in total. The molecule has 0 saturated heterocycles. The quantitative estimate of drug-likeness (QED) is 0.717. The lowest BCUT2D eigenvalue weighted by Gasteiger charge is -2.06. The summed E-state index contributed by atoms with van der Waals surface area (Å²) in [7, 11) is 1.28. The summed E-state index contributed by atoms with van der Waals surface area (Å²) in [5.74, 6) is -0.0377. The molecule has 0 amide bonds. The van der Waals surface area contributed by atoms with Gasteiger partial charge in [0.25, 0.3) is 6.43 Å². The molecule has 0 N–H and O–H groups in total. The summed E-state index contributed by atoms with van der Waals surface area (Å²) in [6.45, 7) is 0. The Hall–Kier alpha value is -1.41. The van der Waals surface area contributed by atoms with Gasteiger partial charge in [0, 0.05) is 11.6 Å². The van der Waals surface area contributed by atoms with Crippen LogP contribution >= 0.6 is 11.6 Å². The van der Waals surface area contributed by atoms with Crippen LogP contribution in [0, 0.1) is 11.3 Å². The second-order valence-electron chi connectivity index (χ2n) is 2.33. The number of nitrogens with zero attached hydrogens (tertiary/aromatic N) is 2. The fourth-order valence-electron chi connectivity index (χ4n) is 0.897. The predicted molar refractivity (Wildman–Crippen MR) is 45.5 cm³/mol. The highest BCUT2D eigenvalue weighted by molar-refractivity contribution is 6.30. The zero-order chi connectivity index (χ0) is 10.7. The Morgan fingerprint density at radius 3 is 2.71 bits per heavy atom. The minimum atomic E-state index is -2.78. The SMILES string of the molecule is COc1cc(C(F)F)c(C#N)c(Cl)n1. The minimum absolute atomic E-state index is 0.0377. The lowest BCUT2D eigenvalue weighted by atomic mass is 10.1. The molecule has 0 bridgehead atoms. The van der Waals surface area contributed by atoms with Crippen molar-refractivity contribution in [3.63, 3.8) is 0 Å². The Balaban J connectivity index is 3.37. The van der Waals surface area contributed by atoms with E-state index in [2.05, 4.69) is 9.72 Å². The van der Waals surface area contributed by atoms with Crippen LogP contribution in [0.15, 0.2) is 6.07 Å². The maximum atomic E-state index is 12.4. The Morgan fingerprint density at radius 2 is 2.29 bits per heavy atom. The van der Waals surface area contributed by atoms with Crippen LogP contribution in [0.4, 0.5) is 8.78 Å². The van der Waals surface area contributed by atoms with E-state index in [1.807, 2.05) is 0 Å². The molecule has 0 aliphatic heterocycles. The van der Waals surface area contributed by atoms with Crippen molar-refractivity contribution < 1.29 is 13.5 Å². The Labute approximate surface area is 83.9 Å². The highest BCUT2D eigenvalue weighted by atomic mass is 35.5. The third-order valence-electron chi connectivity index (χ3n) is 1.54. The molecule has 0 aliphatic rings. The van der Waals surface area contributed by atoms with E-state index in [0.717, 1.165) is 6.07 Å². The highest BCUT2D eigenvalue weighted by Gasteiger charge is 2.18. The number of aromatic nitrogens is 1. The number of methoxy groups -OCH3 is 1. The van der Waals surface area contributed by atoms with Crippen LogP contribution in [0.5, 0.6) is 5.88 Å². The maximum absolute atomic E-state index is 12.4. The molecule has 6 heteroatoms. The van der Waals surface area contributed by atoms with Crippen molar-refractivity contribution in [3.05, 3.63) is 22.3 Å². The number of hydrogen-bond donors (Lipinski definition) is 0. The van der Waals surface area contributed by atoms with Crippen LogP contribution in [-0.4, -0.2) is 12.1 Å². The second-order valence-corrected chi connectivity index (χ2v) is 2.69. The number of hydrogen-bond acceptors (Lipinski definition) is 3. The molecule has 0 saturated carbocycles. The summed E-state index contributed by atoms with van der Waals surface area (Å²) in [6.07, 6.45) is -2.78. The summed E-state index contributed by atoms with van der Waals surface area (Å²) >= 11 is 5.51. The topological polar surface area (TPSA) is 45.9 Å². The first-order valence-corrected chi connectivity index (χ1v) is 3.90. The molecular formula is C8H5ClF2N2O. The van der Waals surface area contributed by atoms with Gasteiger partial charge in [0.05, 0.1) is 12.7 Å². The molecule has 14 heavy (non-hydrogen) atoms. The van der Waals surface area contributed by atoms with E-state index in [1.54, 1.807) is 6.07 Å². The number of nitriles is 1. The molecule has 74 valence electrons. The van der Waals surface area contributed by atoms with Crippen LogP contribution < -0.4 is 4.74 Å². The molecule has 0 aromatic carbocycles. The van der Waals surface area contributed by atoms with Crippen molar-refractivity contribution in [2.75, 3.05) is 7.11 Å². The Bertz CT molecular complexity index is 390. The number of pyridine rings is 1. The van der Waals surface area contributed by atoms with E-state index in [-0.39, 0.29) is 16.6 Å². The molecule has 0 atom stereocenters. The van der Waals surface area contributed by atoms with Crippen LogP contribution in [0.2, 0.25) is 5.15 Å². The molecule has 1 heterocycles. The van der Waals surface area contributed by atoms with E-state index in [0.29, 0.717) is 0 Å². The van der Waals surface area contributed by atoms with Gasteiger partial charge in [0.15, 0.2) is 5.15 Å². The summed E-state index contributed by atoms with van der Waals surface area (Å²) in [5, 5.41) is 8.29. The molecule has 1 aromatic rings. The fourth-order valence-corrected chi connectivity index (χ4v) is 1.13. The zero-order valence-electron chi connectivity index (χ0n) is 7.09. The van der Waals surface area contributed by atoms with Crippen molar-refractivity contribution >= 4 is 11.6 Å². The standard InChI is InChI=1S/C8H5ClF2N2O/c1-14-6-2-4(8(10)11)5(3-12)7(9)13-6/h2,8H,1H3. The average molecular weight is 219 g/mol. The predicted octanol–water partition coefficient (Wildman–Crippen LogP) is 2.55. The lowest BCUT2D eigenvalue weighted by molar-refractivity contribution is 0.150. The van der Waals surface area contributed by atoms with Crippen LogP contribution in [0.1, 0.15) is 17.6 Å². The van der Waals surface area contributed by atoms with E-state index in [1.165, 1.54) is 7.11 Å². The molecule has 0 unspecified atom stereocenters. The van der Waals surface area contributed by atoms with Crippen molar-refractivity contribution in [2.45, 2.75) is 6.43 Å². The smallest absolute Gasteiger partial charge is 0.265 e. The first-order chi connectivity index (χ1) is 6.60. The van der Waals surface area contributed by atoms with Gasteiger partial charge in [-0.25, -0.2) is 13.8 Å². The van der Waals surface area contributed by atoms with E-state index < -0.39 is 12.0 Å². The second kappa shape index (κ2) is 4.20. The lowest BCUT2D eigenvalue weighted by Crippen LogP contribution is -1.97. The average Bonchev–Trinajstić information content (AvgIpc) is 2.16. The summed E-state index contributed by atoms with van der Waals surface area (Å²) < 4.78 is 29.5. The van der Waals surface area contributed by atoms with Gasteiger partial charge in [-0.2, -0.15) is 5.26 Å². The first-order valence-electron chi connectivity index (χ1n) is 3.52. The normalized spacial score (nSPS) is 10.0. The Morgan fingerprint density at radius 1 is 1.64 bits per heavy atom. The van der Waals surface area contributed by atoms with Gasteiger partial charge in [0.2, 0.25) is 5.88 Å². The van der Waals surface area contributed by atoms with E-state index in [4.69, 9.17) is 16.9 Å². The monoisotopic (exact) mass is 218 g/mol. The van der Waals surface area contributed by atoms with Crippen molar-refractivity contribution in [1.29, 1.82) is 5.26 Å². The number of halogens is 3. The van der Waals surface area contributed by atoms with Gasteiger partial charge in [-0.05, 0) is 0 Å². The van der Waals surface area contributed by atoms with Crippen molar-refractivity contribution in [3.8, 4) is 11.9 Å². The number of ether oxygens (including phenoxy) is 1. The summed E-state index contributed by atoms with van der Waals surface area (Å²) in [5.41, 5.74) is -0.785. The van der Waals surface area contributed by atoms with Gasteiger partial charge in [-0.1, -0.05) is 11.6 Å². The maximum Gasteiger partial charge on any atom is 0.265 e. The highest BCUT2D eigenvalue weighted by Crippen LogP contribution is 2.29. The van der Waals surface area contributed by atoms with Gasteiger partial charge in [-0.3, -0.25) is 0 Å². The van der Waals surface area contributed by atoms with E-state index >= 15 is 0 Å². The van der Waals surface area contributed by atoms with Crippen molar-refractivity contribution in [2.24, 2.45) is 0 Å². The van der Waals surface area contributed by atoms with Crippen LogP contribution in [0.3, 0.4) is 0 Å². The molecule has 0 radical (unpaired) electrons. The van der Waals surface area contributed by atoms with Gasteiger partial charge >= 0.3 is 0 Å². The fraction of sp³-hybridized carbons (Fsp3) is 0.250. The molecule has 0 spiro atoms. The number of rotatable bonds is 2. The van der Waals surface area contributed by atoms with E-state index in [9.17, 15) is 8.78 Å². The van der Waals surface area contributed by atoms with Crippen molar-refractivity contribution in [1.82, 2.24) is 4.98 Å².